The number of rotatable bonds is 43. The van der Waals surface area contributed by atoms with Crippen molar-refractivity contribution in [2.75, 3.05) is 41.0 Å². The largest absolute Gasteiger partial charge is 0.544 e. The second-order valence-electron chi connectivity index (χ2n) is 17.3. The first kappa shape index (κ1) is 56.3. The first-order chi connectivity index (χ1) is 28.6. The predicted molar refractivity (Wildman–Crippen MR) is 245 cm³/mol. The van der Waals surface area contributed by atoms with Crippen LogP contribution >= 0.6 is 0 Å². The van der Waals surface area contributed by atoms with Crippen LogP contribution in [0.5, 0.6) is 0 Å². The molecule has 0 spiro atoms. The third-order valence-corrected chi connectivity index (χ3v) is 10.7. The second-order valence-corrected chi connectivity index (χ2v) is 17.3. The zero-order valence-electron chi connectivity index (χ0n) is 38.9. The molecule has 0 aliphatic rings. The van der Waals surface area contributed by atoms with Gasteiger partial charge in [0, 0.05) is 19.3 Å². The maximum atomic E-state index is 12.8. The third-order valence-electron chi connectivity index (χ3n) is 10.7. The van der Waals surface area contributed by atoms with Gasteiger partial charge in [0.25, 0.3) is 0 Å². The van der Waals surface area contributed by atoms with Crippen LogP contribution in [0.1, 0.15) is 206 Å². The standard InChI is InChI=1S/C51H91NO7/c1-6-8-10-12-14-16-18-20-22-24-25-26-28-29-31-33-35-37-39-41-49(53)58-46-47(45-57-44-43-48(51(55)56)52(3,4)5)59-50(54)42-40-38-36-34-32-30-27-23-21-19-17-15-13-11-9-7-2/h8,10,14,16,20,22,25-26,47-48H,6-7,9,11-13,15,17-19,21,23-24,27-46H2,1-5H3/b10-8+,16-14+,22-20+,26-25+. The number of allylic oxidation sites excluding steroid dienone is 8. The molecule has 0 saturated carbocycles. The summed E-state index contributed by atoms with van der Waals surface area (Å²) in [5.74, 6) is -1.75. The van der Waals surface area contributed by atoms with Crippen LogP contribution in [0, 0.1) is 0 Å². The number of quaternary nitrogens is 1. The highest BCUT2D eigenvalue weighted by Crippen LogP contribution is 2.15. The van der Waals surface area contributed by atoms with Crippen molar-refractivity contribution in [1.82, 2.24) is 0 Å². The number of carboxylic acid groups (broad SMARTS) is 1. The molecular formula is C51H91NO7. The Hall–Kier alpha value is -2.71. The number of likely N-dealkylation sites (N-methyl/N-ethyl adjacent to an activating group) is 1. The van der Waals surface area contributed by atoms with Crippen LogP contribution in [-0.4, -0.2) is 75.5 Å². The van der Waals surface area contributed by atoms with Gasteiger partial charge in [-0.05, 0) is 51.4 Å². The zero-order valence-corrected chi connectivity index (χ0v) is 38.9. The lowest BCUT2D eigenvalue weighted by molar-refractivity contribution is -0.889. The van der Waals surface area contributed by atoms with Gasteiger partial charge >= 0.3 is 11.9 Å². The summed E-state index contributed by atoms with van der Waals surface area (Å²) in [5, 5.41) is 11.6. The fourth-order valence-electron chi connectivity index (χ4n) is 7.00. The number of unbranched alkanes of at least 4 members (excludes halogenated alkanes) is 21. The van der Waals surface area contributed by atoms with E-state index in [1.54, 1.807) is 21.1 Å². The minimum Gasteiger partial charge on any atom is -0.544 e. The Bertz CT molecular complexity index is 1110. The van der Waals surface area contributed by atoms with E-state index in [9.17, 15) is 19.5 Å². The van der Waals surface area contributed by atoms with Crippen LogP contribution in [0.4, 0.5) is 0 Å². The van der Waals surface area contributed by atoms with Crippen molar-refractivity contribution < 1.29 is 38.2 Å². The van der Waals surface area contributed by atoms with Crippen molar-refractivity contribution in [3.05, 3.63) is 48.6 Å². The lowest BCUT2D eigenvalue weighted by atomic mass is 10.0. The highest BCUT2D eigenvalue weighted by atomic mass is 16.6. The maximum Gasteiger partial charge on any atom is 0.306 e. The van der Waals surface area contributed by atoms with E-state index in [0.29, 0.717) is 12.8 Å². The molecule has 0 radical (unpaired) electrons. The van der Waals surface area contributed by atoms with Crippen molar-refractivity contribution in [2.45, 2.75) is 219 Å². The molecule has 0 aromatic heterocycles. The molecule has 0 aromatic carbocycles. The Labute approximate surface area is 363 Å². The highest BCUT2D eigenvalue weighted by molar-refractivity contribution is 5.70. The number of esters is 2. The van der Waals surface area contributed by atoms with E-state index in [1.165, 1.54) is 96.3 Å². The fourth-order valence-corrected chi connectivity index (χ4v) is 7.00. The molecule has 342 valence electrons. The van der Waals surface area contributed by atoms with Crippen molar-refractivity contribution in [3.8, 4) is 0 Å². The smallest absolute Gasteiger partial charge is 0.306 e. The van der Waals surface area contributed by atoms with Gasteiger partial charge < -0.3 is 28.6 Å². The second kappa shape index (κ2) is 42.0. The summed E-state index contributed by atoms with van der Waals surface area (Å²) in [6, 6.07) is -0.728. The van der Waals surface area contributed by atoms with Crippen LogP contribution in [0.25, 0.3) is 0 Å². The topological polar surface area (TPSA) is 102 Å². The molecule has 2 unspecified atom stereocenters. The number of ether oxygens (including phenoxy) is 3. The van der Waals surface area contributed by atoms with Crippen LogP contribution in [0.2, 0.25) is 0 Å². The van der Waals surface area contributed by atoms with E-state index in [4.69, 9.17) is 14.2 Å². The van der Waals surface area contributed by atoms with E-state index < -0.39 is 18.1 Å². The lowest BCUT2D eigenvalue weighted by Gasteiger charge is -2.34. The molecule has 2 atom stereocenters. The summed E-state index contributed by atoms with van der Waals surface area (Å²) >= 11 is 0. The van der Waals surface area contributed by atoms with Gasteiger partial charge in [-0.2, -0.15) is 0 Å². The van der Waals surface area contributed by atoms with Crippen LogP contribution in [-0.2, 0) is 28.6 Å². The fraction of sp³-hybridized carbons (Fsp3) is 0.784. The van der Waals surface area contributed by atoms with Crippen molar-refractivity contribution in [3.63, 3.8) is 0 Å². The number of aliphatic carboxylic acids is 1. The summed E-state index contributed by atoms with van der Waals surface area (Å²) in [5.41, 5.74) is 0. The van der Waals surface area contributed by atoms with Gasteiger partial charge in [0.1, 0.15) is 12.6 Å². The number of carbonyl (C=O) groups is 3. The van der Waals surface area contributed by atoms with E-state index in [2.05, 4.69) is 62.5 Å². The summed E-state index contributed by atoms with van der Waals surface area (Å²) in [6.45, 7) is 4.55. The van der Waals surface area contributed by atoms with Crippen LogP contribution in [0.3, 0.4) is 0 Å². The molecule has 0 N–H and O–H groups in total. The molecule has 8 nitrogen and oxygen atoms in total. The van der Waals surface area contributed by atoms with Crippen LogP contribution in [0.15, 0.2) is 48.6 Å². The molecule has 0 fully saturated rings. The van der Waals surface area contributed by atoms with Crippen molar-refractivity contribution >= 4 is 17.9 Å². The average molecular weight is 830 g/mol. The van der Waals surface area contributed by atoms with Gasteiger partial charge in [-0.25, -0.2) is 0 Å². The minimum atomic E-state index is -1.13. The molecule has 0 heterocycles. The molecule has 0 aliphatic carbocycles. The van der Waals surface area contributed by atoms with Crippen molar-refractivity contribution in [2.24, 2.45) is 0 Å². The third kappa shape index (κ3) is 40.5. The minimum absolute atomic E-state index is 0.0375. The first-order valence-electron chi connectivity index (χ1n) is 24.2. The molecule has 0 aromatic rings. The summed E-state index contributed by atoms with van der Waals surface area (Å²) in [4.78, 5) is 37.0. The van der Waals surface area contributed by atoms with Gasteiger partial charge in [-0.1, -0.05) is 184 Å². The molecular weight excluding hydrogens is 739 g/mol. The quantitative estimate of drug-likeness (QED) is 0.0261. The van der Waals surface area contributed by atoms with Gasteiger partial charge in [0.05, 0.1) is 40.3 Å². The molecule has 59 heavy (non-hydrogen) atoms. The van der Waals surface area contributed by atoms with E-state index in [1.807, 2.05) is 0 Å². The van der Waals surface area contributed by atoms with Crippen molar-refractivity contribution in [1.29, 1.82) is 0 Å². The maximum absolute atomic E-state index is 12.8. The number of carboxylic acids is 1. The summed E-state index contributed by atoms with van der Waals surface area (Å²) < 4.78 is 17.2. The number of hydrogen-bond donors (Lipinski definition) is 0. The molecule has 0 aliphatic heterocycles. The summed E-state index contributed by atoms with van der Waals surface area (Å²) in [7, 11) is 5.41. The Kier molecular flexibility index (Phi) is 40.1. The first-order valence-corrected chi connectivity index (χ1v) is 24.2. The summed E-state index contributed by atoms with van der Waals surface area (Å²) in [6.07, 6.45) is 49.9. The highest BCUT2D eigenvalue weighted by Gasteiger charge is 2.25. The number of carbonyl (C=O) groups excluding carboxylic acids is 3. The number of hydrogen-bond acceptors (Lipinski definition) is 7. The SMILES string of the molecule is CC/C=C/C/C=C/C/C=C/C/C=C/CCCCCCCCC(=O)OCC(COCCC(C(=O)[O-])[N+](C)(C)C)OC(=O)CCCCCCCCCCCCCCCCCC. The van der Waals surface area contributed by atoms with E-state index >= 15 is 0 Å². The Morgan fingerprint density at radius 1 is 0.525 bits per heavy atom. The average Bonchev–Trinajstić information content (AvgIpc) is 3.19. The van der Waals surface area contributed by atoms with Gasteiger partial charge in [0.15, 0.2) is 6.10 Å². The Balaban J connectivity index is 4.30. The van der Waals surface area contributed by atoms with Gasteiger partial charge in [0.2, 0.25) is 0 Å². The van der Waals surface area contributed by atoms with E-state index in [-0.39, 0.29) is 42.7 Å². The van der Waals surface area contributed by atoms with Gasteiger partial charge in [-0.3, -0.25) is 9.59 Å². The predicted octanol–water partition coefficient (Wildman–Crippen LogP) is 12.3. The molecule has 0 amide bonds. The Morgan fingerprint density at radius 3 is 1.41 bits per heavy atom. The normalized spacial score (nSPS) is 13.3. The zero-order chi connectivity index (χ0) is 43.5. The lowest BCUT2D eigenvalue weighted by Crippen LogP contribution is -2.55. The Morgan fingerprint density at radius 2 is 0.949 bits per heavy atom. The molecule has 0 saturated heterocycles. The molecule has 0 bridgehead atoms. The monoisotopic (exact) mass is 830 g/mol. The molecule has 8 heteroatoms. The van der Waals surface area contributed by atoms with Gasteiger partial charge in [-0.15, -0.1) is 0 Å². The molecule has 0 rings (SSSR count). The number of nitrogens with zero attached hydrogens (tertiary/aromatic N) is 1. The van der Waals surface area contributed by atoms with E-state index in [0.717, 1.165) is 77.0 Å². The van der Waals surface area contributed by atoms with Crippen LogP contribution < -0.4 is 5.11 Å².